The summed E-state index contributed by atoms with van der Waals surface area (Å²) in [6.07, 6.45) is 0.531. The van der Waals surface area contributed by atoms with Crippen molar-refractivity contribution in [2.75, 3.05) is 20.8 Å². The molecule has 1 rings (SSSR count). The van der Waals surface area contributed by atoms with Crippen LogP contribution in [0.25, 0.3) is 10.4 Å². The molecule has 5 nitrogen and oxygen atoms in total. The van der Waals surface area contributed by atoms with Gasteiger partial charge in [-0.1, -0.05) is 17.0 Å². The molecule has 0 aliphatic carbocycles. The van der Waals surface area contributed by atoms with Gasteiger partial charge in [0, 0.05) is 29.5 Å². The fraction of sp³-hybridized carbons (Fsp3) is 0.333. The summed E-state index contributed by atoms with van der Waals surface area (Å²) in [6, 6.07) is 5.43. The van der Waals surface area contributed by atoms with Gasteiger partial charge in [-0.05, 0) is 17.7 Å². The molecule has 1 aromatic carbocycles. The summed E-state index contributed by atoms with van der Waals surface area (Å²) < 4.78 is 10.3. The molecule has 0 aromatic heterocycles. The Labute approximate surface area is 100.0 Å². The van der Waals surface area contributed by atoms with Crippen molar-refractivity contribution >= 4 is 0 Å². The fourth-order valence-electron chi connectivity index (χ4n) is 1.19. The summed E-state index contributed by atoms with van der Waals surface area (Å²) in [5.41, 5.74) is 8.90. The van der Waals surface area contributed by atoms with Crippen LogP contribution in [-0.4, -0.2) is 20.8 Å². The molecule has 0 bridgehead atoms. The molecule has 1 aromatic rings. The van der Waals surface area contributed by atoms with Crippen molar-refractivity contribution in [3.05, 3.63) is 34.2 Å². The van der Waals surface area contributed by atoms with E-state index in [1.54, 1.807) is 20.3 Å². The monoisotopic (exact) mass is 231 g/mol. The van der Waals surface area contributed by atoms with Crippen LogP contribution in [0.3, 0.4) is 0 Å². The van der Waals surface area contributed by atoms with Gasteiger partial charge in [0.05, 0.1) is 14.2 Å². The predicted octanol–water partition coefficient (Wildman–Crippen LogP) is 2.76. The SMILES string of the molecule is COc1cc(C#CCCN=[N+]=[N-])cc(OC)c1. The van der Waals surface area contributed by atoms with Gasteiger partial charge in [-0.25, -0.2) is 0 Å². The number of hydrogen-bond acceptors (Lipinski definition) is 3. The van der Waals surface area contributed by atoms with Crippen molar-refractivity contribution in [3.63, 3.8) is 0 Å². The average molecular weight is 231 g/mol. The van der Waals surface area contributed by atoms with Gasteiger partial charge in [-0.3, -0.25) is 0 Å². The normalized spacial score (nSPS) is 8.59. The number of benzene rings is 1. The van der Waals surface area contributed by atoms with Gasteiger partial charge < -0.3 is 9.47 Å². The first kappa shape index (κ1) is 12.8. The summed E-state index contributed by atoms with van der Waals surface area (Å²) in [7, 11) is 3.18. The minimum atomic E-state index is 0.380. The zero-order valence-corrected chi connectivity index (χ0v) is 9.80. The van der Waals surface area contributed by atoms with Crippen LogP contribution in [0.2, 0.25) is 0 Å². The molecule has 0 aliphatic heterocycles. The molecule has 0 atom stereocenters. The van der Waals surface area contributed by atoms with Crippen molar-refractivity contribution in [3.8, 4) is 23.3 Å². The number of nitrogens with zero attached hydrogens (tertiary/aromatic N) is 3. The first-order chi connectivity index (χ1) is 8.30. The van der Waals surface area contributed by atoms with E-state index in [1.807, 2.05) is 12.1 Å². The molecule has 0 unspecified atom stereocenters. The van der Waals surface area contributed by atoms with E-state index < -0.39 is 0 Å². The van der Waals surface area contributed by atoms with E-state index in [2.05, 4.69) is 21.9 Å². The first-order valence-corrected chi connectivity index (χ1v) is 5.03. The Morgan fingerprint density at radius 2 is 1.88 bits per heavy atom. The van der Waals surface area contributed by atoms with Gasteiger partial charge in [-0.2, -0.15) is 0 Å². The highest BCUT2D eigenvalue weighted by Gasteiger charge is 1.98. The van der Waals surface area contributed by atoms with Crippen molar-refractivity contribution in [1.82, 2.24) is 0 Å². The van der Waals surface area contributed by atoms with Crippen molar-refractivity contribution in [2.24, 2.45) is 5.11 Å². The quantitative estimate of drug-likeness (QED) is 0.263. The molecule has 0 spiro atoms. The Hall–Kier alpha value is -2.31. The summed E-state index contributed by atoms with van der Waals surface area (Å²) in [6.45, 7) is 0.380. The first-order valence-electron chi connectivity index (χ1n) is 5.03. The predicted molar refractivity (Wildman–Crippen MR) is 65.1 cm³/mol. The van der Waals surface area contributed by atoms with Crippen LogP contribution in [0.5, 0.6) is 11.5 Å². The van der Waals surface area contributed by atoms with E-state index in [-0.39, 0.29) is 0 Å². The lowest BCUT2D eigenvalue weighted by atomic mass is 10.2. The second-order valence-electron chi connectivity index (χ2n) is 3.11. The van der Waals surface area contributed by atoms with Gasteiger partial charge in [0.15, 0.2) is 0 Å². The van der Waals surface area contributed by atoms with Gasteiger partial charge in [0.2, 0.25) is 0 Å². The standard InChI is InChI=1S/C12H13N3O2/c1-16-11-7-10(8-12(9-11)17-2)5-3-4-6-14-15-13/h7-9H,4,6H2,1-2H3. The number of hydrogen-bond donors (Lipinski definition) is 0. The third kappa shape index (κ3) is 4.37. The molecule has 5 heteroatoms. The Morgan fingerprint density at radius 3 is 2.41 bits per heavy atom. The van der Waals surface area contributed by atoms with E-state index in [4.69, 9.17) is 15.0 Å². The number of ether oxygens (including phenoxy) is 2. The third-order valence-corrected chi connectivity index (χ3v) is 1.98. The topological polar surface area (TPSA) is 67.2 Å². The minimum Gasteiger partial charge on any atom is -0.497 e. The molecule has 0 fully saturated rings. The lowest BCUT2D eigenvalue weighted by molar-refractivity contribution is 0.394. The average Bonchev–Trinajstić information content (AvgIpc) is 2.38. The maximum absolute atomic E-state index is 8.10. The molecule has 0 radical (unpaired) electrons. The zero-order valence-electron chi connectivity index (χ0n) is 9.80. The lowest BCUT2D eigenvalue weighted by Crippen LogP contribution is -1.88. The molecule has 0 saturated heterocycles. The maximum atomic E-state index is 8.10. The van der Waals surface area contributed by atoms with Gasteiger partial charge in [-0.15, -0.1) is 0 Å². The zero-order chi connectivity index (χ0) is 12.5. The van der Waals surface area contributed by atoms with E-state index in [0.717, 1.165) is 5.56 Å². The molecule has 17 heavy (non-hydrogen) atoms. The van der Waals surface area contributed by atoms with Crippen LogP contribution in [0, 0.1) is 11.8 Å². The van der Waals surface area contributed by atoms with Crippen LogP contribution >= 0.6 is 0 Å². The highest BCUT2D eigenvalue weighted by Crippen LogP contribution is 2.21. The van der Waals surface area contributed by atoms with Crippen molar-refractivity contribution in [1.29, 1.82) is 0 Å². The maximum Gasteiger partial charge on any atom is 0.123 e. The molecular weight excluding hydrogens is 218 g/mol. The van der Waals surface area contributed by atoms with Crippen molar-refractivity contribution < 1.29 is 9.47 Å². The minimum absolute atomic E-state index is 0.380. The summed E-state index contributed by atoms with van der Waals surface area (Å²) in [4.78, 5) is 2.65. The second kappa shape index (κ2) is 7.04. The molecule has 0 aliphatic rings. The summed E-state index contributed by atoms with van der Waals surface area (Å²) >= 11 is 0. The molecule has 0 N–H and O–H groups in total. The molecular formula is C12H13N3O2. The largest absolute Gasteiger partial charge is 0.497 e. The fourth-order valence-corrected chi connectivity index (χ4v) is 1.19. The van der Waals surface area contributed by atoms with Crippen LogP contribution in [-0.2, 0) is 0 Å². The third-order valence-electron chi connectivity index (χ3n) is 1.98. The second-order valence-corrected chi connectivity index (χ2v) is 3.11. The van der Waals surface area contributed by atoms with E-state index in [1.165, 1.54) is 0 Å². The van der Waals surface area contributed by atoms with Crippen LogP contribution < -0.4 is 9.47 Å². The Morgan fingerprint density at radius 1 is 1.24 bits per heavy atom. The Kier molecular flexibility index (Phi) is 5.29. The van der Waals surface area contributed by atoms with Gasteiger partial charge in [0.25, 0.3) is 0 Å². The molecule has 88 valence electrons. The van der Waals surface area contributed by atoms with Crippen molar-refractivity contribution in [2.45, 2.75) is 6.42 Å². The highest BCUT2D eigenvalue weighted by atomic mass is 16.5. The number of azide groups is 1. The Balaban J connectivity index is 2.78. The summed E-state index contributed by atoms with van der Waals surface area (Å²) in [5.74, 6) is 7.27. The smallest absolute Gasteiger partial charge is 0.123 e. The van der Waals surface area contributed by atoms with Gasteiger partial charge in [0.1, 0.15) is 11.5 Å². The molecule has 0 heterocycles. The van der Waals surface area contributed by atoms with Crippen LogP contribution in [0.1, 0.15) is 12.0 Å². The van der Waals surface area contributed by atoms with E-state index >= 15 is 0 Å². The van der Waals surface area contributed by atoms with E-state index in [9.17, 15) is 0 Å². The van der Waals surface area contributed by atoms with E-state index in [0.29, 0.717) is 24.5 Å². The molecule has 0 saturated carbocycles. The van der Waals surface area contributed by atoms with Crippen LogP contribution in [0.15, 0.2) is 23.3 Å². The highest BCUT2D eigenvalue weighted by molar-refractivity contribution is 5.46. The molecule has 0 amide bonds. The number of methoxy groups -OCH3 is 2. The van der Waals surface area contributed by atoms with Crippen LogP contribution in [0.4, 0.5) is 0 Å². The number of rotatable bonds is 4. The summed E-state index contributed by atoms with van der Waals surface area (Å²) in [5, 5.41) is 3.40. The van der Waals surface area contributed by atoms with Gasteiger partial charge >= 0.3 is 0 Å². The Bertz CT molecular complexity index is 460. The lowest BCUT2D eigenvalue weighted by Gasteiger charge is -2.04.